The Morgan fingerprint density at radius 1 is 0.966 bits per heavy atom. The van der Waals surface area contributed by atoms with Crippen LogP contribution in [0, 0.1) is 0 Å². The van der Waals surface area contributed by atoms with Gasteiger partial charge in [0.05, 0.1) is 12.3 Å². The number of esters is 1. The van der Waals surface area contributed by atoms with Crippen LogP contribution in [-0.4, -0.2) is 36.8 Å². The van der Waals surface area contributed by atoms with Gasteiger partial charge in [0.1, 0.15) is 24.7 Å². The smallest absolute Gasteiger partial charge is 0.330 e. The molecule has 2 aromatic carbocycles. The standard InChI is InChI=1S/C21H22N2O5S/c1-2-26-20(25)13-12-19(24)23-21(29)22-17-10-6-7-11-18(17)28-15-14-27-16-8-4-3-5-9-16/h3-13H,2,14-15H2,1H3,(H2,22,23,24,29)/b13-12+. The molecule has 0 spiro atoms. The monoisotopic (exact) mass is 414 g/mol. The van der Waals surface area contributed by atoms with Crippen molar-refractivity contribution in [2.45, 2.75) is 6.92 Å². The Bertz CT molecular complexity index is 855. The summed E-state index contributed by atoms with van der Waals surface area (Å²) in [6.07, 6.45) is 2.08. The van der Waals surface area contributed by atoms with Crippen LogP contribution in [0.3, 0.4) is 0 Å². The van der Waals surface area contributed by atoms with E-state index in [9.17, 15) is 9.59 Å². The van der Waals surface area contributed by atoms with Crippen LogP contribution in [0.1, 0.15) is 6.92 Å². The van der Waals surface area contributed by atoms with Crippen molar-refractivity contribution >= 4 is 34.9 Å². The molecule has 7 nitrogen and oxygen atoms in total. The fourth-order valence-electron chi connectivity index (χ4n) is 2.16. The van der Waals surface area contributed by atoms with Gasteiger partial charge >= 0.3 is 5.97 Å². The number of carbonyl (C=O) groups is 2. The van der Waals surface area contributed by atoms with Gasteiger partial charge in [0.2, 0.25) is 5.91 Å². The summed E-state index contributed by atoms with van der Waals surface area (Å²) in [6.45, 7) is 2.61. The maximum atomic E-state index is 11.8. The van der Waals surface area contributed by atoms with Gasteiger partial charge in [-0.25, -0.2) is 4.79 Å². The molecular weight excluding hydrogens is 392 g/mol. The van der Waals surface area contributed by atoms with Crippen LogP contribution in [0.4, 0.5) is 5.69 Å². The number of anilines is 1. The van der Waals surface area contributed by atoms with Gasteiger partial charge in [0.25, 0.3) is 0 Å². The lowest BCUT2D eigenvalue weighted by atomic mass is 10.3. The molecule has 2 N–H and O–H groups in total. The second-order valence-electron chi connectivity index (χ2n) is 5.53. The van der Waals surface area contributed by atoms with Crippen molar-refractivity contribution in [2.75, 3.05) is 25.1 Å². The lowest BCUT2D eigenvalue weighted by Gasteiger charge is -2.14. The van der Waals surface area contributed by atoms with Crippen LogP contribution in [0.15, 0.2) is 66.7 Å². The van der Waals surface area contributed by atoms with Gasteiger partial charge in [-0.3, -0.25) is 10.1 Å². The molecule has 0 aliphatic carbocycles. The summed E-state index contributed by atoms with van der Waals surface area (Å²) in [4.78, 5) is 23.0. The molecule has 0 aliphatic rings. The molecule has 0 unspecified atom stereocenters. The van der Waals surface area contributed by atoms with Crippen LogP contribution in [-0.2, 0) is 14.3 Å². The van der Waals surface area contributed by atoms with Gasteiger partial charge in [-0.1, -0.05) is 30.3 Å². The summed E-state index contributed by atoms with van der Waals surface area (Å²) in [5, 5.41) is 5.41. The topological polar surface area (TPSA) is 85.9 Å². The Balaban J connectivity index is 1.82. The molecule has 0 aliphatic heterocycles. The summed E-state index contributed by atoms with van der Waals surface area (Å²) in [5.41, 5.74) is 0.590. The largest absolute Gasteiger partial charge is 0.490 e. The Hall–Kier alpha value is -3.39. The first kappa shape index (κ1) is 21.9. The second-order valence-corrected chi connectivity index (χ2v) is 5.94. The van der Waals surface area contributed by atoms with Crippen molar-refractivity contribution in [3.05, 3.63) is 66.7 Å². The van der Waals surface area contributed by atoms with E-state index in [4.69, 9.17) is 26.4 Å². The number of rotatable bonds is 9. The second kappa shape index (κ2) is 12.1. The number of carbonyl (C=O) groups excluding carboxylic acids is 2. The number of para-hydroxylation sites is 3. The van der Waals surface area contributed by atoms with Gasteiger partial charge < -0.3 is 19.5 Å². The Morgan fingerprint density at radius 3 is 2.41 bits per heavy atom. The number of thiocarbonyl (C=S) groups is 1. The summed E-state index contributed by atoms with van der Waals surface area (Å²) in [7, 11) is 0. The maximum absolute atomic E-state index is 11.8. The van der Waals surface area contributed by atoms with Crippen LogP contribution in [0.2, 0.25) is 0 Å². The minimum atomic E-state index is -0.599. The van der Waals surface area contributed by atoms with E-state index >= 15 is 0 Å². The first-order valence-corrected chi connectivity index (χ1v) is 9.35. The summed E-state index contributed by atoms with van der Waals surface area (Å²) >= 11 is 5.13. The first-order valence-electron chi connectivity index (χ1n) is 8.95. The Morgan fingerprint density at radius 2 is 1.66 bits per heavy atom. The number of hydrogen-bond donors (Lipinski definition) is 2. The van der Waals surface area contributed by atoms with Gasteiger partial charge in [0.15, 0.2) is 5.11 Å². The molecule has 29 heavy (non-hydrogen) atoms. The van der Waals surface area contributed by atoms with Crippen molar-refractivity contribution in [3.8, 4) is 11.5 Å². The molecule has 0 aromatic heterocycles. The van der Waals surface area contributed by atoms with Crippen molar-refractivity contribution in [1.29, 1.82) is 0 Å². The van der Waals surface area contributed by atoms with Gasteiger partial charge in [-0.2, -0.15) is 0 Å². The minimum absolute atomic E-state index is 0.0695. The summed E-state index contributed by atoms with van der Waals surface area (Å²) < 4.78 is 16.0. The van der Waals surface area contributed by atoms with E-state index in [-0.39, 0.29) is 11.7 Å². The number of nitrogens with one attached hydrogen (secondary N) is 2. The SMILES string of the molecule is CCOC(=O)/C=C/C(=O)NC(=S)Nc1ccccc1OCCOc1ccccc1. The average Bonchev–Trinajstić information content (AvgIpc) is 2.72. The molecular formula is C21H22N2O5S. The van der Waals surface area contributed by atoms with Gasteiger partial charge in [0, 0.05) is 12.2 Å². The van der Waals surface area contributed by atoms with Crippen molar-refractivity contribution in [2.24, 2.45) is 0 Å². The Kier molecular flexibility index (Phi) is 9.17. The van der Waals surface area contributed by atoms with Crippen LogP contribution in [0.25, 0.3) is 0 Å². The highest BCUT2D eigenvalue weighted by Crippen LogP contribution is 2.23. The predicted octanol–water partition coefficient (Wildman–Crippen LogP) is 3.08. The zero-order chi connectivity index (χ0) is 20.9. The summed E-state index contributed by atoms with van der Waals surface area (Å²) in [5.74, 6) is 0.174. The Labute approximate surface area is 174 Å². The van der Waals surface area contributed by atoms with Crippen LogP contribution < -0.4 is 20.1 Å². The number of benzene rings is 2. The highest BCUT2D eigenvalue weighted by Gasteiger charge is 2.07. The number of amides is 1. The molecule has 0 saturated carbocycles. The van der Waals surface area contributed by atoms with Crippen molar-refractivity contribution in [1.82, 2.24) is 5.32 Å². The number of hydrogen-bond acceptors (Lipinski definition) is 6. The van der Waals surface area contributed by atoms with E-state index in [2.05, 4.69) is 10.6 Å². The molecule has 0 radical (unpaired) electrons. The third kappa shape index (κ3) is 8.44. The van der Waals surface area contributed by atoms with E-state index < -0.39 is 11.9 Å². The van der Waals surface area contributed by atoms with Crippen molar-refractivity contribution < 1.29 is 23.8 Å². The lowest BCUT2D eigenvalue weighted by Crippen LogP contribution is -2.33. The maximum Gasteiger partial charge on any atom is 0.330 e. The van der Waals surface area contributed by atoms with Crippen molar-refractivity contribution in [3.63, 3.8) is 0 Å². The molecule has 0 fully saturated rings. The van der Waals surface area contributed by atoms with Gasteiger partial charge in [-0.15, -0.1) is 0 Å². The van der Waals surface area contributed by atoms with Crippen LogP contribution in [0.5, 0.6) is 11.5 Å². The third-order valence-electron chi connectivity index (χ3n) is 3.38. The molecule has 2 aromatic rings. The van der Waals surface area contributed by atoms with Gasteiger partial charge in [-0.05, 0) is 43.4 Å². The quantitative estimate of drug-likeness (QED) is 0.282. The highest BCUT2D eigenvalue weighted by atomic mass is 32.1. The molecule has 1 amide bonds. The van der Waals surface area contributed by atoms with E-state index in [1.807, 2.05) is 36.4 Å². The molecule has 0 heterocycles. The van der Waals surface area contributed by atoms with E-state index in [1.165, 1.54) is 0 Å². The van der Waals surface area contributed by atoms with E-state index in [1.54, 1.807) is 25.1 Å². The lowest BCUT2D eigenvalue weighted by molar-refractivity contribution is -0.137. The molecule has 152 valence electrons. The molecule has 2 rings (SSSR count). The minimum Gasteiger partial charge on any atom is -0.490 e. The average molecular weight is 414 g/mol. The normalized spacial score (nSPS) is 10.2. The fraction of sp³-hybridized carbons (Fsp3) is 0.190. The zero-order valence-corrected chi connectivity index (χ0v) is 16.7. The molecule has 0 atom stereocenters. The predicted molar refractivity (Wildman–Crippen MR) is 114 cm³/mol. The van der Waals surface area contributed by atoms with E-state index in [0.29, 0.717) is 24.7 Å². The molecule has 8 heteroatoms. The van der Waals surface area contributed by atoms with Crippen LogP contribution >= 0.6 is 12.2 Å². The van der Waals surface area contributed by atoms with E-state index in [0.717, 1.165) is 17.9 Å². The third-order valence-corrected chi connectivity index (χ3v) is 3.59. The number of ether oxygens (including phenoxy) is 3. The fourth-order valence-corrected chi connectivity index (χ4v) is 2.38. The zero-order valence-electron chi connectivity index (χ0n) is 15.9. The highest BCUT2D eigenvalue weighted by molar-refractivity contribution is 7.80. The first-order chi connectivity index (χ1) is 14.1. The summed E-state index contributed by atoms with van der Waals surface area (Å²) in [6, 6.07) is 16.6. The molecule has 0 bridgehead atoms. The molecule has 0 saturated heterocycles.